The number of hydrogen-bond donors (Lipinski definition) is 1. The maximum atomic E-state index is 13.9. The van der Waals surface area contributed by atoms with E-state index in [1.54, 1.807) is 6.07 Å². The van der Waals surface area contributed by atoms with E-state index in [2.05, 4.69) is 12.2 Å². The van der Waals surface area contributed by atoms with Gasteiger partial charge in [0.15, 0.2) is 0 Å². The molecule has 0 aromatic heterocycles. The molecular formula is C16H23F2N. The van der Waals surface area contributed by atoms with E-state index in [0.29, 0.717) is 11.5 Å². The van der Waals surface area contributed by atoms with E-state index in [1.807, 2.05) is 7.05 Å². The predicted molar refractivity (Wildman–Crippen MR) is 73.9 cm³/mol. The van der Waals surface area contributed by atoms with E-state index >= 15 is 0 Å². The minimum Gasteiger partial charge on any atom is -0.313 e. The molecule has 0 bridgehead atoms. The standard InChI is InChI=1S/C16H23F2N/c1-3-11-4-6-12(7-5-11)16(19-2)14-9-8-13(17)10-15(14)18/h8-12,16,19H,3-7H2,1-2H3. The van der Waals surface area contributed by atoms with Gasteiger partial charge in [-0.1, -0.05) is 32.3 Å². The topological polar surface area (TPSA) is 12.0 Å². The molecule has 1 aliphatic carbocycles. The minimum absolute atomic E-state index is 0.00148. The molecule has 0 aliphatic heterocycles. The molecule has 1 aliphatic rings. The maximum Gasteiger partial charge on any atom is 0.130 e. The van der Waals surface area contributed by atoms with Crippen LogP contribution in [0.4, 0.5) is 8.78 Å². The van der Waals surface area contributed by atoms with E-state index in [0.717, 1.165) is 24.8 Å². The second-order valence-corrected chi connectivity index (χ2v) is 5.62. The second kappa shape index (κ2) is 6.47. The highest BCUT2D eigenvalue weighted by atomic mass is 19.1. The summed E-state index contributed by atoms with van der Waals surface area (Å²) in [6.07, 6.45) is 5.94. The first kappa shape index (κ1) is 14.4. The molecule has 1 unspecified atom stereocenters. The van der Waals surface area contributed by atoms with Crippen LogP contribution in [-0.2, 0) is 0 Å². The van der Waals surface area contributed by atoms with E-state index in [-0.39, 0.29) is 6.04 Å². The molecule has 0 spiro atoms. The summed E-state index contributed by atoms with van der Waals surface area (Å²) in [7, 11) is 1.86. The summed E-state index contributed by atoms with van der Waals surface area (Å²) in [6, 6.07) is 3.91. The van der Waals surface area contributed by atoms with Gasteiger partial charge >= 0.3 is 0 Å². The van der Waals surface area contributed by atoms with Gasteiger partial charge in [-0.3, -0.25) is 0 Å². The molecule has 0 saturated heterocycles. The van der Waals surface area contributed by atoms with Crippen LogP contribution in [0.3, 0.4) is 0 Å². The molecule has 0 radical (unpaired) electrons. The average Bonchev–Trinajstić information content (AvgIpc) is 2.42. The lowest BCUT2D eigenvalue weighted by Crippen LogP contribution is -2.29. The molecule has 1 atom stereocenters. The monoisotopic (exact) mass is 267 g/mol. The second-order valence-electron chi connectivity index (χ2n) is 5.62. The first-order valence-electron chi connectivity index (χ1n) is 7.28. The minimum atomic E-state index is -0.509. The van der Waals surface area contributed by atoms with Gasteiger partial charge in [-0.05, 0) is 37.8 Å². The first-order chi connectivity index (χ1) is 9.15. The third-order valence-electron chi connectivity index (χ3n) is 4.55. The molecule has 3 heteroatoms. The molecule has 1 aromatic carbocycles. The van der Waals surface area contributed by atoms with Crippen LogP contribution in [0.25, 0.3) is 0 Å². The fraction of sp³-hybridized carbons (Fsp3) is 0.625. The molecule has 0 heterocycles. The van der Waals surface area contributed by atoms with Crippen LogP contribution in [0.5, 0.6) is 0 Å². The lowest BCUT2D eigenvalue weighted by atomic mass is 9.76. The fourth-order valence-corrected chi connectivity index (χ4v) is 3.33. The Balaban J connectivity index is 2.12. The third kappa shape index (κ3) is 3.33. The zero-order valence-electron chi connectivity index (χ0n) is 11.8. The van der Waals surface area contributed by atoms with Gasteiger partial charge in [0.1, 0.15) is 11.6 Å². The Labute approximate surface area is 114 Å². The van der Waals surface area contributed by atoms with Crippen molar-refractivity contribution in [3.05, 3.63) is 35.4 Å². The molecule has 1 fully saturated rings. The molecule has 1 N–H and O–H groups in total. The smallest absolute Gasteiger partial charge is 0.130 e. The van der Waals surface area contributed by atoms with Crippen molar-refractivity contribution in [2.24, 2.45) is 11.8 Å². The third-order valence-corrected chi connectivity index (χ3v) is 4.55. The normalized spacial score (nSPS) is 25.3. The van der Waals surface area contributed by atoms with Crippen LogP contribution in [0.15, 0.2) is 18.2 Å². The van der Waals surface area contributed by atoms with Crippen molar-refractivity contribution >= 4 is 0 Å². The van der Waals surface area contributed by atoms with E-state index in [1.165, 1.54) is 25.3 Å². The predicted octanol–water partition coefficient (Wildman–Crippen LogP) is 4.44. The zero-order valence-corrected chi connectivity index (χ0v) is 11.8. The Hall–Kier alpha value is -0.960. The Kier molecular flexibility index (Phi) is 4.92. The fourth-order valence-electron chi connectivity index (χ4n) is 3.33. The first-order valence-corrected chi connectivity index (χ1v) is 7.28. The van der Waals surface area contributed by atoms with Gasteiger partial charge in [0.05, 0.1) is 0 Å². The van der Waals surface area contributed by atoms with Gasteiger partial charge in [0, 0.05) is 17.7 Å². The Bertz CT molecular complexity index is 411. The summed E-state index contributed by atoms with van der Waals surface area (Å²) >= 11 is 0. The largest absolute Gasteiger partial charge is 0.313 e. The highest BCUT2D eigenvalue weighted by Crippen LogP contribution is 2.38. The number of hydrogen-bond acceptors (Lipinski definition) is 1. The van der Waals surface area contributed by atoms with E-state index in [9.17, 15) is 8.78 Å². The number of rotatable bonds is 4. The summed E-state index contributed by atoms with van der Waals surface area (Å²) in [4.78, 5) is 0. The lowest BCUT2D eigenvalue weighted by Gasteiger charge is -2.34. The van der Waals surface area contributed by atoms with Gasteiger partial charge in [-0.15, -0.1) is 0 Å². The van der Waals surface area contributed by atoms with Crippen molar-refractivity contribution in [1.29, 1.82) is 0 Å². The summed E-state index contributed by atoms with van der Waals surface area (Å²) in [5.41, 5.74) is 0.601. The molecule has 106 valence electrons. The molecule has 1 nitrogen and oxygen atoms in total. The molecule has 1 aromatic rings. The van der Waals surface area contributed by atoms with Crippen LogP contribution in [0.2, 0.25) is 0 Å². The van der Waals surface area contributed by atoms with E-state index < -0.39 is 11.6 Å². The molecule has 1 saturated carbocycles. The lowest BCUT2D eigenvalue weighted by molar-refractivity contribution is 0.221. The summed E-state index contributed by atoms with van der Waals surface area (Å²) < 4.78 is 26.9. The van der Waals surface area contributed by atoms with Crippen LogP contribution in [0.1, 0.15) is 50.6 Å². The summed E-state index contributed by atoms with van der Waals surface area (Å²) in [6.45, 7) is 2.24. The van der Waals surface area contributed by atoms with Crippen LogP contribution >= 0.6 is 0 Å². The van der Waals surface area contributed by atoms with Gasteiger partial charge < -0.3 is 5.32 Å². The van der Waals surface area contributed by atoms with Crippen LogP contribution < -0.4 is 5.32 Å². The van der Waals surface area contributed by atoms with Crippen LogP contribution in [-0.4, -0.2) is 7.05 Å². The van der Waals surface area contributed by atoms with Gasteiger partial charge in [0.25, 0.3) is 0 Å². The highest BCUT2D eigenvalue weighted by Gasteiger charge is 2.28. The Morgan fingerprint density at radius 1 is 1.21 bits per heavy atom. The highest BCUT2D eigenvalue weighted by molar-refractivity contribution is 5.23. The average molecular weight is 267 g/mol. The van der Waals surface area contributed by atoms with Crippen LogP contribution in [0, 0.1) is 23.5 Å². The van der Waals surface area contributed by atoms with Crippen molar-refractivity contribution in [2.75, 3.05) is 7.05 Å². The Morgan fingerprint density at radius 3 is 2.42 bits per heavy atom. The summed E-state index contributed by atoms with van der Waals surface area (Å²) in [5.74, 6) is 0.336. The molecule has 19 heavy (non-hydrogen) atoms. The van der Waals surface area contributed by atoms with Crippen molar-refractivity contribution in [2.45, 2.75) is 45.1 Å². The van der Waals surface area contributed by atoms with Crippen molar-refractivity contribution in [3.63, 3.8) is 0 Å². The number of nitrogens with one attached hydrogen (secondary N) is 1. The Morgan fingerprint density at radius 2 is 1.89 bits per heavy atom. The SMILES string of the molecule is CCC1CCC(C(NC)c2ccc(F)cc2F)CC1. The summed E-state index contributed by atoms with van der Waals surface area (Å²) in [5, 5.41) is 3.22. The maximum absolute atomic E-state index is 13.9. The van der Waals surface area contributed by atoms with E-state index in [4.69, 9.17) is 0 Å². The van der Waals surface area contributed by atoms with Gasteiger partial charge in [-0.25, -0.2) is 8.78 Å². The van der Waals surface area contributed by atoms with Crippen molar-refractivity contribution in [1.82, 2.24) is 5.32 Å². The molecule has 0 amide bonds. The molecule has 2 rings (SSSR count). The number of benzene rings is 1. The molecular weight excluding hydrogens is 244 g/mol. The van der Waals surface area contributed by atoms with Crippen molar-refractivity contribution in [3.8, 4) is 0 Å². The number of halogens is 2. The van der Waals surface area contributed by atoms with Gasteiger partial charge in [-0.2, -0.15) is 0 Å². The van der Waals surface area contributed by atoms with Crippen molar-refractivity contribution < 1.29 is 8.78 Å². The van der Waals surface area contributed by atoms with Gasteiger partial charge in [0.2, 0.25) is 0 Å². The quantitative estimate of drug-likeness (QED) is 0.850. The zero-order chi connectivity index (χ0) is 13.8.